The van der Waals surface area contributed by atoms with Gasteiger partial charge >= 0.3 is 0 Å². The molecule has 0 atom stereocenters. The zero-order valence-corrected chi connectivity index (χ0v) is 10.4. The standard InChI is InChI=1S/C13H14ClN3/c1-2-5-10-6-3-4-7-11(10)17-13-8-12(14)15-9-16-13/h3-4,6-9H,2,5H2,1H3,(H,15,16,17). The molecule has 0 bridgehead atoms. The van der Waals surface area contributed by atoms with Crippen LogP contribution in [0.5, 0.6) is 0 Å². The van der Waals surface area contributed by atoms with Gasteiger partial charge in [0.2, 0.25) is 0 Å². The topological polar surface area (TPSA) is 37.8 Å². The average Bonchev–Trinajstić information content (AvgIpc) is 2.32. The molecular formula is C13H14ClN3. The van der Waals surface area contributed by atoms with Crippen molar-refractivity contribution >= 4 is 23.1 Å². The molecule has 1 aromatic carbocycles. The van der Waals surface area contributed by atoms with Gasteiger partial charge in [-0.3, -0.25) is 0 Å². The first-order valence-corrected chi connectivity index (χ1v) is 6.00. The van der Waals surface area contributed by atoms with Crippen molar-refractivity contribution in [1.82, 2.24) is 9.97 Å². The van der Waals surface area contributed by atoms with E-state index in [2.05, 4.69) is 28.3 Å². The molecule has 1 heterocycles. The molecule has 0 spiro atoms. The van der Waals surface area contributed by atoms with E-state index >= 15 is 0 Å². The highest BCUT2D eigenvalue weighted by Crippen LogP contribution is 2.21. The van der Waals surface area contributed by atoms with Gasteiger partial charge in [-0.15, -0.1) is 0 Å². The Morgan fingerprint density at radius 3 is 2.82 bits per heavy atom. The quantitative estimate of drug-likeness (QED) is 0.835. The average molecular weight is 248 g/mol. The fraction of sp³-hybridized carbons (Fsp3) is 0.231. The van der Waals surface area contributed by atoms with Gasteiger partial charge in [0.25, 0.3) is 0 Å². The second-order valence-corrected chi connectivity index (χ2v) is 4.15. The Kier molecular flexibility index (Phi) is 3.94. The number of aromatic nitrogens is 2. The Balaban J connectivity index is 2.23. The van der Waals surface area contributed by atoms with E-state index in [0.717, 1.165) is 18.5 Å². The Bertz CT molecular complexity index is 500. The molecule has 4 heteroatoms. The SMILES string of the molecule is CCCc1ccccc1Nc1cc(Cl)ncn1. The Morgan fingerprint density at radius 2 is 2.06 bits per heavy atom. The largest absolute Gasteiger partial charge is 0.340 e. The van der Waals surface area contributed by atoms with E-state index < -0.39 is 0 Å². The number of rotatable bonds is 4. The van der Waals surface area contributed by atoms with E-state index in [-0.39, 0.29) is 0 Å². The molecule has 0 amide bonds. The first-order valence-electron chi connectivity index (χ1n) is 5.62. The lowest BCUT2D eigenvalue weighted by Gasteiger charge is -2.10. The molecule has 0 saturated carbocycles. The molecule has 2 rings (SSSR count). The molecule has 0 unspecified atom stereocenters. The van der Waals surface area contributed by atoms with E-state index in [4.69, 9.17) is 11.6 Å². The summed E-state index contributed by atoms with van der Waals surface area (Å²) in [5.41, 5.74) is 2.36. The van der Waals surface area contributed by atoms with Crippen LogP contribution in [0.1, 0.15) is 18.9 Å². The molecule has 0 radical (unpaired) electrons. The third-order valence-electron chi connectivity index (χ3n) is 2.43. The number of halogens is 1. The monoisotopic (exact) mass is 247 g/mol. The first-order chi connectivity index (χ1) is 8.29. The summed E-state index contributed by atoms with van der Waals surface area (Å²) in [6.07, 6.45) is 3.61. The molecule has 17 heavy (non-hydrogen) atoms. The summed E-state index contributed by atoms with van der Waals surface area (Å²) >= 11 is 5.82. The fourth-order valence-corrected chi connectivity index (χ4v) is 1.82. The minimum atomic E-state index is 0.440. The summed E-state index contributed by atoms with van der Waals surface area (Å²) in [5.74, 6) is 0.716. The zero-order valence-electron chi connectivity index (χ0n) is 9.65. The van der Waals surface area contributed by atoms with Crippen LogP contribution in [0.2, 0.25) is 5.15 Å². The van der Waals surface area contributed by atoms with Crippen LogP contribution in [0.3, 0.4) is 0 Å². The highest BCUT2D eigenvalue weighted by molar-refractivity contribution is 6.29. The lowest BCUT2D eigenvalue weighted by Crippen LogP contribution is -1.98. The summed E-state index contributed by atoms with van der Waals surface area (Å²) < 4.78 is 0. The number of nitrogens with one attached hydrogen (secondary N) is 1. The maximum absolute atomic E-state index is 5.82. The van der Waals surface area contributed by atoms with Crippen LogP contribution in [0.4, 0.5) is 11.5 Å². The maximum Gasteiger partial charge on any atom is 0.135 e. The van der Waals surface area contributed by atoms with Crippen LogP contribution in [-0.4, -0.2) is 9.97 Å². The highest BCUT2D eigenvalue weighted by atomic mass is 35.5. The van der Waals surface area contributed by atoms with Crippen LogP contribution in [0, 0.1) is 0 Å². The molecule has 0 aliphatic carbocycles. The van der Waals surface area contributed by atoms with Crippen LogP contribution in [-0.2, 0) is 6.42 Å². The summed E-state index contributed by atoms with van der Waals surface area (Å²) in [6.45, 7) is 2.17. The molecule has 1 N–H and O–H groups in total. The molecule has 88 valence electrons. The number of anilines is 2. The van der Waals surface area contributed by atoms with Crippen molar-refractivity contribution in [3.8, 4) is 0 Å². The number of hydrogen-bond acceptors (Lipinski definition) is 3. The summed E-state index contributed by atoms with van der Waals surface area (Å²) in [7, 11) is 0. The molecular weight excluding hydrogens is 234 g/mol. The minimum absolute atomic E-state index is 0.440. The van der Waals surface area contributed by atoms with Gasteiger partial charge < -0.3 is 5.32 Å². The van der Waals surface area contributed by atoms with Crippen molar-refractivity contribution in [2.24, 2.45) is 0 Å². The van der Waals surface area contributed by atoms with E-state index in [1.54, 1.807) is 6.07 Å². The number of benzene rings is 1. The predicted molar refractivity (Wildman–Crippen MR) is 70.8 cm³/mol. The second kappa shape index (κ2) is 5.64. The van der Waals surface area contributed by atoms with Gasteiger partial charge in [0.05, 0.1) is 0 Å². The molecule has 0 aliphatic rings. The Labute approximate surface area is 106 Å². The van der Waals surface area contributed by atoms with E-state index in [1.807, 2.05) is 18.2 Å². The highest BCUT2D eigenvalue weighted by Gasteiger charge is 2.02. The second-order valence-electron chi connectivity index (χ2n) is 3.76. The van der Waals surface area contributed by atoms with E-state index in [0.29, 0.717) is 11.0 Å². The van der Waals surface area contributed by atoms with Gasteiger partial charge in [0.15, 0.2) is 0 Å². The summed E-state index contributed by atoms with van der Waals surface area (Å²) in [4.78, 5) is 7.98. The lowest BCUT2D eigenvalue weighted by molar-refractivity contribution is 0.923. The van der Waals surface area contributed by atoms with Crippen LogP contribution >= 0.6 is 11.6 Å². The van der Waals surface area contributed by atoms with Crippen molar-refractivity contribution in [2.75, 3.05) is 5.32 Å². The minimum Gasteiger partial charge on any atom is -0.340 e. The van der Waals surface area contributed by atoms with Gasteiger partial charge in [-0.1, -0.05) is 43.1 Å². The van der Waals surface area contributed by atoms with Crippen molar-refractivity contribution in [1.29, 1.82) is 0 Å². The molecule has 0 fully saturated rings. The first kappa shape index (κ1) is 11.9. The lowest BCUT2D eigenvalue weighted by atomic mass is 10.1. The van der Waals surface area contributed by atoms with E-state index in [1.165, 1.54) is 11.9 Å². The van der Waals surface area contributed by atoms with Crippen molar-refractivity contribution in [3.05, 3.63) is 47.4 Å². The molecule has 3 nitrogen and oxygen atoms in total. The molecule has 0 aliphatic heterocycles. The van der Waals surface area contributed by atoms with Gasteiger partial charge in [0.1, 0.15) is 17.3 Å². The smallest absolute Gasteiger partial charge is 0.135 e. The fourth-order valence-electron chi connectivity index (χ4n) is 1.67. The van der Waals surface area contributed by atoms with Gasteiger partial charge in [-0.2, -0.15) is 0 Å². The molecule has 2 aromatic rings. The van der Waals surface area contributed by atoms with Crippen molar-refractivity contribution < 1.29 is 0 Å². The van der Waals surface area contributed by atoms with Crippen molar-refractivity contribution in [3.63, 3.8) is 0 Å². The summed E-state index contributed by atoms with van der Waals surface area (Å²) in [5, 5.41) is 3.70. The zero-order chi connectivity index (χ0) is 12.1. The number of hydrogen-bond donors (Lipinski definition) is 1. The number of aryl methyl sites for hydroxylation is 1. The Hall–Kier alpha value is -1.61. The van der Waals surface area contributed by atoms with Gasteiger partial charge in [0, 0.05) is 11.8 Å². The predicted octanol–water partition coefficient (Wildman–Crippen LogP) is 3.83. The van der Waals surface area contributed by atoms with Gasteiger partial charge in [-0.25, -0.2) is 9.97 Å². The normalized spacial score (nSPS) is 10.2. The van der Waals surface area contributed by atoms with Gasteiger partial charge in [-0.05, 0) is 18.1 Å². The molecule has 1 aromatic heterocycles. The number of nitrogens with zero attached hydrogens (tertiary/aromatic N) is 2. The third-order valence-corrected chi connectivity index (χ3v) is 2.64. The van der Waals surface area contributed by atoms with Crippen molar-refractivity contribution in [2.45, 2.75) is 19.8 Å². The summed E-state index contributed by atoms with van der Waals surface area (Å²) in [6, 6.07) is 9.92. The molecule has 0 saturated heterocycles. The van der Waals surface area contributed by atoms with Crippen LogP contribution in [0.15, 0.2) is 36.7 Å². The third kappa shape index (κ3) is 3.17. The van der Waals surface area contributed by atoms with Crippen LogP contribution in [0.25, 0.3) is 0 Å². The van der Waals surface area contributed by atoms with E-state index in [9.17, 15) is 0 Å². The number of para-hydroxylation sites is 1. The Morgan fingerprint density at radius 1 is 1.24 bits per heavy atom. The maximum atomic E-state index is 5.82. The van der Waals surface area contributed by atoms with Crippen LogP contribution < -0.4 is 5.32 Å².